The summed E-state index contributed by atoms with van der Waals surface area (Å²) in [5.74, 6) is 0. The van der Waals surface area contributed by atoms with Crippen molar-refractivity contribution >= 4 is 10.0 Å². The van der Waals surface area contributed by atoms with Crippen molar-refractivity contribution in [3.8, 4) is 0 Å². The number of aromatic nitrogens is 1. The molecule has 0 aromatic carbocycles. The van der Waals surface area contributed by atoms with Gasteiger partial charge in [0, 0.05) is 24.8 Å². The van der Waals surface area contributed by atoms with Crippen LogP contribution in [0.25, 0.3) is 0 Å². The van der Waals surface area contributed by atoms with E-state index in [0.29, 0.717) is 13.1 Å². The predicted octanol–water partition coefficient (Wildman–Crippen LogP) is 0.606. The van der Waals surface area contributed by atoms with E-state index in [1.54, 1.807) is 12.1 Å². The van der Waals surface area contributed by atoms with Crippen LogP contribution in [0.2, 0.25) is 0 Å². The second-order valence-electron chi connectivity index (χ2n) is 2.90. The molecule has 70 valence electrons. The third-order valence-electron chi connectivity index (χ3n) is 2.13. The minimum absolute atomic E-state index is 0.219. The molecule has 13 heavy (non-hydrogen) atoms. The van der Waals surface area contributed by atoms with E-state index in [0.717, 1.165) is 5.56 Å². The van der Waals surface area contributed by atoms with E-state index < -0.39 is 10.0 Å². The number of hydrogen-bond donors (Lipinski definition) is 0. The number of hydrogen-bond acceptors (Lipinski definition) is 3. The zero-order valence-corrected chi connectivity index (χ0v) is 8.08. The first-order valence-corrected chi connectivity index (χ1v) is 5.54. The highest BCUT2D eigenvalue weighted by Crippen LogP contribution is 2.26. The number of sulfonamides is 1. The van der Waals surface area contributed by atoms with Crippen LogP contribution >= 0.6 is 0 Å². The Balaban J connectivity index is 2.60. The van der Waals surface area contributed by atoms with E-state index in [1.165, 1.54) is 10.5 Å². The van der Waals surface area contributed by atoms with E-state index in [1.807, 2.05) is 6.92 Å². The van der Waals surface area contributed by atoms with Gasteiger partial charge in [-0.05, 0) is 6.07 Å². The van der Waals surface area contributed by atoms with Crippen LogP contribution in [0, 0.1) is 0 Å². The van der Waals surface area contributed by atoms with Crippen LogP contribution in [-0.4, -0.2) is 24.3 Å². The molecule has 1 aromatic rings. The summed E-state index contributed by atoms with van der Waals surface area (Å²) in [4.78, 5) is 3.88. The summed E-state index contributed by atoms with van der Waals surface area (Å²) in [6, 6.07) is 3.56. The Morgan fingerprint density at radius 3 is 3.00 bits per heavy atom. The number of fused-ring (bicyclic) bond motifs is 1. The van der Waals surface area contributed by atoms with Gasteiger partial charge in [0.2, 0.25) is 0 Å². The zero-order chi connectivity index (χ0) is 9.47. The van der Waals surface area contributed by atoms with Crippen LogP contribution in [0.1, 0.15) is 12.5 Å². The molecule has 1 aliphatic heterocycles. The molecule has 0 amide bonds. The summed E-state index contributed by atoms with van der Waals surface area (Å²) in [6.07, 6.45) is 1.51. The predicted molar refractivity (Wildman–Crippen MR) is 47.5 cm³/mol. The Hall–Kier alpha value is -0.940. The Morgan fingerprint density at radius 2 is 2.38 bits per heavy atom. The topological polar surface area (TPSA) is 50.3 Å². The van der Waals surface area contributed by atoms with E-state index >= 15 is 0 Å². The Bertz CT molecular complexity index is 428. The SMILES string of the molecule is CCN1Cc2cccnc2S1(=O)=O. The third kappa shape index (κ3) is 1.15. The zero-order valence-electron chi connectivity index (χ0n) is 7.27. The molecule has 4 nitrogen and oxygen atoms in total. The average Bonchev–Trinajstić information content (AvgIpc) is 2.39. The van der Waals surface area contributed by atoms with Gasteiger partial charge in [0.25, 0.3) is 10.0 Å². The smallest absolute Gasteiger partial charge is 0.243 e. The molecule has 1 aliphatic rings. The highest BCUT2D eigenvalue weighted by atomic mass is 32.2. The van der Waals surface area contributed by atoms with E-state index in [9.17, 15) is 8.42 Å². The maximum absolute atomic E-state index is 11.7. The van der Waals surface area contributed by atoms with Gasteiger partial charge < -0.3 is 0 Å². The van der Waals surface area contributed by atoms with Gasteiger partial charge in [-0.2, -0.15) is 4.31 Å². The third-order valence-corrected chi connectivity index (χ3v) is 4.06. The van der Waals surface area contributed by atoms with Crippen molar-refractivity contribution in [3.05, 3.63) is 23.9 Å². The van der Waals surface area contributed by atoms with Crippen molar-refractivity contribution in [2.24, 2.45) is 0 Å². The van der Waals surface area contributed by atoms with Crippen LogP contribution in [0.3, 0.4) is 0 Å². The minimum atomic E-state index is -3.27. The number of nitrogens with zero attached hydrogens (tertiary/aromatic N) is 2. The molecule has 0 fully saturated rings. The van der Waals surface area contributed by atoms with Gasteiger partial charge in [-0.15, -0.1) is 0 Å². The van der Waals surface area contributed by atoms with Gasteiger partial charge >= 0.3 is 0 Å². The van der Waals surface area contributed by atoms with Crippen LogP contribution < -0.4 is 0 Å². The van der Waals surface area contributed by atoms with Gasteiger partial charge in [0.05, 0.1) is 0 Å². The molecule has 1 aromatic heterocycles. The van der Waals surface area contributed by atoms with Crippen molar-refractivity contribution in [1.29, 1.82) is 0 Å². The van der Waals surface area contributed by atoms with Gasteiger partial charge in [-0.25, -0.2) is 13.4 Å². The second-order valence-corrected chi connectivity index (χ2v) is 4.75. The van der Waals surface area contributed by atoms with Gasteiger partial charge in [0.15, 0.2) is 5.03 Å². The lowest BCUT2D eigenvalue weighted by atomic mass is 10.3. The molecule has 0 radical (unpaired) electrons. The van der Waals surface area contributed by atoms with Crippen LogP contribution in [0.5, 0.6) is 0 Å². The molecule has 0 atom stereocenters. The summed E-state index contributed by atoms with van der Waals surface area (Å²) in [5.41, 5.74) is 0.796. The molecule has 0 N–H and O–H groups in total. The molecule has 0 aliphatic carbocycles. The molecular weight excluding hydrogens is 188 g/mol. The van der Waals surface area contributed by atoms with Gasteiger partial charge in [0.1, 0.15) is 0 Å². The fraction of sp³-hybridized carbons (Fsp3) is 0.375. The quantitative estimate of drug-likeness (QED) is 0.664. The van der Waals surface area contributed by atoms with E-state index in [-0.39, 0.29) is 5.03 Å². The highest BCUT2D eigenvalue weighted by Gasteiger charge is 2.34. The van der Waals surface area contributed by atoms with Crippen molar-refractivity contribution in [1.82, 2.24) is 9.29 Å². The fourth-order valence-electron chi connectivity index (χ4n) is 1.46. The van der Waals surface area contributed by atoms with Crippen LogP contribution in [0.15, 0.2) is 23.4 Å². The lowest BCUT2D eigenvalue weighted by Crippen LogP contribution is -2.23. The highest BCUT2D eigenvalue weighted by molar-refractivity contribution is 7.89. The first-order chi connectivity index (χ1) is 6.16. The monoisotopic (exact) mass is 198 g/mol. The van der Waals surface area contributed by atoms with Crippen molar-refractivity contribution < 1.29 is 8.42 Å². The first-order valence-electron chi connectivity index (χ1n) is 4.10. The lowest BCUT2D eigenvalue weighted by Gasteiger charge is -2.09. The Morgan fingerprint density at radius 1 is 1.62 bits per heavy atom. The van der Waals surface area contributed by atoms with Crippen molar-refractivity contribution in [3.63, 3.8) is 0 Å². The average molecular weight is 198 g/mol. The van der Waals surface area contributed by atoms with Crippen LogP contribution in [-0.2, 0) is 16.6 Å². The standard InChI is InChI=1S/C8H10N2O2S/c1-2-10-6-7-4-3-5-9-8(7)13(10,11)12/h3-5H,2,6H2,1H3. The summed E-state index contributed by atoms with van der Waals surface area (Å²) in [5, 5.41) is 0.219. The molecule has 5 heteroatoms. The van der Waals surface area contributed by atoms with E-state index in [4.69, 9.17) is 0 Å². The molecule has 0 spiro atoms. The summed E-state index contributed by atoms with van der Waals surface area (Å²) in [6.45, 7) is 2.78. The fourth-order valence-corrected chi connectivity index (χ4v) is 3.01. The van der Waals surface area contributed by atoms with E-state index in [2.05, 4.69) is 4.98 Å². The molecule has 0 unspecified atom stereocenters. The molecule has 0 saturated heterocycles. The summed E-state index contributed by atoms with van der Waals surface area (Å²) < 4.78 is 24.8. The first kappa shape index (κ1) is 8.65. The normalized spacial score (nSPS) is 20.1. The van der Waals surface area contributed by atoms with Crippen molar-refractivity contribution in [2.75, 3.05) is 6.54 Å². The maximum atomic E-state index is 11.7. The van der Waals surface area contributed by atoms with Gasteiger partial charge in [-0.3, -0.25) is 0 Å². The molecule has 0 saturated carbocycles. The van der Waals surface area contributed by atoms with Gasteiger partial charge in [-0.1, -0.05) is 13.0 Å². The molecule has 0 bridgehead atoms. The second kappa shape index (κ2) is 2.78. The Kier molecular flexibility index (Phi) is 1.85. The van der Waals surface area contributed by atoms with Crippen LogP contribution in [0.4, 0.5) is 0 Å². The summed E-state index contributed by atoms with van der Waals surface area (Å²) >= 11 is 0. The molecule has 2 heterocycles. The van der Waals surface area contributed by atoms with Crippen molar-refractivity contribution in [2.45, 2.75) is 18.5 Å². The summed E-state index contributed by atoms with van der Waals surface area (Å²) in [7, 11) is -3.27. The number of rotatable bonds is 1. The molecule has 2 rings (SSSR count). The molecular formula is C8H10N2O2S. The maximum Gasteiger partial charge on any atom is 0.261 e. The minimum Gasteiger partial charge on any atom is -0.243 e. The number of pyridine rings is 1. The Labute approximate surface area is 77.3 Å². The largest absolute Gasteiger partial charge is 0.261 e. The lowest BCUT2D eigenvalue weighted by molar-refractivity contribution is 0.443.